The molecule has 1 aromatic carbocycles. The third kappa shape index (κ3) is 3.73. The quantitative estimate of drug-likeness (QED) is 0.637. The lowest BCUT2D eigenvalue weighted by molar-refractivity contribution is 0.0901. The minimum Gasteiger partial charge on any atom is -0.394 e. The highest BCUT2D eigenvalue weighted by atomic mass is 19.1. The summed E-state index contributed by atoms with van der Waals surface area (Å²) in [4.78, 5) is 21.3. The van der Waals surface area contributed by atoms with Gasteiger partial charge in [0.15, 0.2) is 0 Å². The Labute approximate surface area is 183 Å². The van der Waals surface area contributed by atoms with Crippen LogP contribution in [-0.4, -0.2) is 43.3 Å². The first-order chi connectivity index (χ1) is 15.5. The number of hydrogen-bond donors (Lipinski definition) is 2. The van der Waals surface area contributed by atoms with E-state index >= 15 is 0 Å². The molecule has 3 aromatic rings. The second-order valence-electron chi connectivity index (χ2n) is 8.40. The highest BCUT2D eigenvalue weighted by Gasteiger charge is 2.43. The highest BCUT2D eigenvalue weighted by molar-refractivity contribution is 5.92. The van der Waals surface area contributed by atoms with Crippen molar-refractivity contribution >= 4 is 5.91 Å². The minimum atomic E-state index is -0.687. The average molecular weight is 437 g/mol. The normalized spacial score (nSPS) is 18.7. The number of benzene rings is 1. The monoisotopic (exact) mass is 437 g/mol. The fourth-order valence-corrected chi connectivity index (χ4v) is 4.16. The molecule has 1 amide bonds. The molecule has 2 N–H and O–H groups in total. The van der Waals surface area contributed by atoms with Crippen LogP contribution in [0.4, 0.5) is 8.78 Å². The molecule has 2 aliphatic rings. The number of aliphatic hydroxyl groups is 1. The number of aryl methyl sites for hydroxylation is 1. The Kier molecular flexibility index (Phi) is 5.13. The van der Waals surface area contributed by atoms with Gasteiger partial charge in [0.25, 0.3) is 5.91 Å². The number of aliphatic hydroxyl groups excluding tert-OH is 1. The van der Waals surface area contributed by atoms with Gasteiger partial charge in [0.2, 0.25) is 0 Å². The number of rotatable bonds is 5. The van der Waals surface area contributed by atoms with Gasteiger partial charge in [-0.15, -0.1) is 0 Å². The fraction of sp³-hybridized carbons (Fsp3) is 0.348. The van der Waals surface area contributed by atoms with Crippen molar-refractivity contribution in [3.63, 3.8) is 0 Å². The van der Waals surface area contributed by atoms with Gasteiger partial charge >= 0.3 is 0 Å². The summed E-state index contributed by atoms with van der Waals surface area (Å²) in [5.74, 6) is -1.97. The van der Waals surface area contributed by atoms with E-state index in [-0.39, 0.29) is 35.4 Å². The summed E-state index contributed by atoms with van der Waals surface area (Å²) in [5.41, 5.74) is 1.70. The number of fused-ring (bicyclic) bond motifs is 1. The van der Waals surface area contributed by atoms with Crippen molar-refractivity contribution in [2.75, 3.05) is 6.61 Å². The molecular formula is C23H21F2N5O2. The van der Waals surface area contributed by atoms with Crippen molar-refractivity contribution in [1.82, 2.24) is 25.5 Å². The minimum absolute atomic E-state index is 0.109. The zero-order valence-corrected chi connectivity index (χ0v) is 17.2. The SMILES string of the molecule is O=C(NC1(CO)CC1)c1cncc(C2CCCc3cc(-c4c(F)cccc4F)nnc32)n1. The van der Waals surface area contributed by atoms with Gasteiger partial charge in [-0.1, -0.05) is 6.07 Å². The molecule has 9 heteroatoms. The van der Waals surface area contributed by atoms with Gasteiger partial charge < -0.3 is 10.4 Å². The number of nitrogens with one attached hydrogen (secondary N) is 1. The lowest BCUT2D eigenvalue weighted by atomic mass is 9.84. The van der Waals surface area contributed by atoms with Gasteiger partial charge in [-0.3, -0.25) is 9.78 Å². The van der Waals surface area contributed by atoms with Crippen LogP contribution in [0.1, 0.15) is 59.0 Å². The molecule has 2 aliphatic carbocycles. The summed E-state index contributed by atoms with van der Waals surface area (Å²) in [7, 11) is 0. The molecule has 32 heavy (non-hydrogen) atoms. The molecule has 0 saturated heterocycles. The van der Waals surface area contributed by atoms with E-state index in [1.165, 1.54) is 24.4 Å². The molecular weight excluding hydrogens is 416 g/mol. The van der Waals surface area contributed by atoms with Crippen LogP contribution >= 0.6 is 0 Å². The van der Waals surface area contributed by atoms with Crippen LogP contribution < -0.4 is 5.32 Å². The smallest absolute Gasteiger partial charge is 0.272 e. The molecule has 5 rings (SSSR count). The summed E-state index contributed by atoms with van der Waals surface area (Å²) in [6, 6.07) is 5.37. The molecule has 0 bridgehead atoms. The first-order valence-electron chi connectivity index (χ1n) is 10.6. The molecule has 1 atom stereocenters. The molecule has 0 spiro atoms. The topological polar surface area (TPSA) is 101 Å². The van der Waals surface area contributed by atoms with Crippen molar-refractivity contribution in [3.05, 3.63) is 70.9 Å². The lowest BCUT2D eigenvalue weighted by Gasteiger charge is -2.24. The van der Waals surface area contributed by atoms with Gasteiger partial charge in [-0.25, -0.2) is 13.8 Å². The molecule has 2 aromatic heterocycles. The van der Waals surface area contributed by atoms with E-state index in [2.05, 4.69) is 25.5 Å². The van der Waals surface area contributed by atoms with E-state index in [1.807, 2.05) is 0 Å². The highest BCUT2D eigenvalue weighted by Crippen LogP contribution is 2.37. The van der Waals surface area contributed by atoms with Gasteiger partial charge in [-0.05, 0) is 55.9 Å². The summed E-state index contributed by atoms with van der Waals surface area (Å²) >= 11 is 0. The standard InChI is InChI=1S/C23H21F2N5O2/c24-15-5-2-6-16(25)20(15)17-9-13-3-1-4-14(21(13)30-29-17)18-10-26-11-19(27-18)22(32)28-23(12-31)7-8-23/h2,5-6,9-11,14,31H,1,3-4,7-8,12H2,(H,28,32). The molecule has 164 valence electrons. The number of halogens is 2. The average Bonchev–Trinajstić information content (AvgIpc) is 3.58. The van der Waals surface area contributed by atoms with Crippen molar-refractivity contribution < 1.29 is 18.7 Å². The molecule has 0 radical (unpaired) electrons. The van der Waals surface area contributed by atoms with Crippen LogP contribution in [0.15, 0.2) is 36.7 Å². The molecule has 0 aliphatic heterocycles. The predicted molar refractivity (Wildman–Crippen MR) is 111 cm³/mol. The van der Waals surface area contributed by atoms with Crippen LogP contribution in [0.25, 0.3) is 11.3 Å². The van der Waals surface area contributed by atoms with Gasteiger partial charge in [0.05, 0.1) is 41.0 Å². The van der Waals surface area contributed by atoms with E-state index in [0.717, 1.165) is 31.2 Å². The fourth-order valence-electron chi connectivity index (χ4n) is 4.16. The Hall–Kier alpha value is -3.33. The zero-order valence-electron chi connectivity index (χ0n) is 17.2. The number of nitrogens with zero attached hydrogens (tertiary/aromatic N) is 4. The van der Waals surface area contributed by atoms with Crippen LogP contribution in [0.3, 0.4) is 0 Å². The van der Waals surface area contributed by atoms with Crippen molar-refractivity contribution in [2.24, 2.45) is 0 Å². The second kappa shape index (κ2) is 7.98. The Balaban J connectivity index is 1.45. The molecule has 1 saturated carbocycles. The number of amides is 1. The summed E-state index contributed by atoms with van der Waals surface area (Å²) in [5, 5.41) is 20.7. The van der Waals surface area contributed by atoms with E-state index in [1.54, 1.807) is 12.3 Å². The summed E-state index contributed by atoms with van der Waals surface area (Å²) < 4.78 is 28.4. The Morgan fingerprint density at radius 1 is 1.19 bits per heavy atom. The first-order valence-corrected chi connectivity index (χ1v) is 10.6. The third-order valence-electron chi connectivity index (χ3n) is 6.17. The first kappa shape index (κ1) is 20.6. The Morgan fingerprint density at radius 2 is 1.97 bits per heavy atom. The van der Waals surface area contributed by atoms with Gasteiger partial charge in [0.1, 0.15) is 17.3 Å². The van der Waals surface area contributed by atoms with E-state index in [0.29, 0.717) is 17.8 Å². The summed E-state index contributed by atoms with van der Waals surface area (Å²) in [6.07, 6.45) is 6.74. The molecule has 2 heterocycles. The number of hydrogen-bond acceptors (Lipinski definition) is 6. The van der Waals surface area contributed by atoms with Crippen molar-refractivity contribution in [3.8, 4) is 11.3 Å². The summed E-state index contributed by atoms with van der Waals surface area (Å²) in [6.45, 7) is -0.109. The van der Waals surface area contributed by atoms with Crippen LogP contribution in [-0.2, 0) is 6.42 Å². The Morgan fingerprint density at radius 3 is 2.69 bits per heavy atom. The third-order valence-corrected chi connectivity index (χ3v) is 6.17. The van der Waals surface area contributed by atoms with E-state index in [9.17, 15) is 18.7 Å². The van der Waals surface area contributed by atoms with Gasteiger partial charge in [0, 0.05) is 12.1 Å². The number of carbonyl (C=O) groups is 1. The molecule has 7 nitrogen and oxygen atoms in total. The van der Waals surface area contributed by atoms with Crippen LogP contribution in [0.2, 0.25) is 0 Å². The maximum absolute atomic E-state index is 14.2. The molecule has 1 unspecified atom stereocenters. The van der Waals surface area contributed by atoms with E-state index in [4.69, 9.17) is 0 Å². The largest absolute Gasteiger partial charge is 0.394 e. The van der Waals surface area contributed by atoms with Crippen molar-refractivity contribution in [2.45, 2.75) is 43.6 Å². The Bertz CT molecular complexity index is 1180. The van der Waals surface area contributed by atoms with E-state index < -0.39 is 17.2 Å². The lowest BCUT2D eigenvalue weighted by Crippen LogP contribution is -2.40. The number of aromatic nitrogens is 4. The van der Waals surface area contributed by atoms with Crippen LogP contribution in [0.5, 0.6) is 0 Å². The maximum Gasteiger partial charge on any atom is 0.272 e. The second-order valence-corrected chi connectivity index (χ2v) is 8.40. The molecule has 1 fully saturated rings. The predicted octanol–water partition coefficient (Wildman–Crippen LogP) is 2.93. The zero-order chi connectivity index (χ0) is 22.3. The van der Waals surface area contributed by atoms with Crippen LogP contribution in [0, 0.1) is 11.6 Å². The van der Waals surface area contributed by atoms with Gasteiger partial charge in [-0.2, -0.15) is 10.2 Å². The van der Waals surface area contributed by atoms with Crippen molar-refractivity contribution in [1.29, 1.82) is 0 Å². The number of carbonyl (C=O) groups excluding carboxylic acids is 1. The maximum atomic E-state index is 14.2.